The summed E-state index contributed by atoms with van der Waals surface area (Å²) in [6.07, 6.45) is 5.06. The lowest BCUT2D eigenvalue weighted by molar-refractivity contribution is 0.120. The van der Waals surface area contributed by atoms with Crippen LogP contribution in [0, 0.1) is 0 Å². The number of nitrogens with zero attached hydrogens (tertiary/aromatic N) is 6. The highest BCUT2D eigenvalue weighted by atomic mass is 16.5. The van der Waals surface area contributed by atoms with E-state index in [2.05, 4.69) is 25.0 Å². The van der Waals surface area contributed by atoms with Gasteiger partial charge >= 0.3 is 0 Å². The molecule has 1 aliphatic heterocycles. The second-order valence-corrected chi connectivity index (χ2v) is 6.62. The third-order valence-corrected chi connectivity index (χ3v) is 4.81. The summed E-state index contributed by atoms with van der Waals surface area (Å²) in [7, 11) is 0. The van der Waals surface area contributed by atoms with E-state index in [4.69, 9.17) is 4.52 Å². The number of rotatable bonds is 6. The Morgan fingerprint density at radius 1 is 0.926 bits per heavy atom. The van der Waals surface area contributed by atoms with E-state index >= 15 is 0 Å². The average Bonchev–Trinajstić information content (AvgIpc) is 3.22. The first-order chi connectivity index (χ1) is 13.3. The average molecular weight is 366 g/mol. The Hall–Kier alpha value is -2.84. The smallest absolute Gasteiger partial charge is 0.266 e. The summed E-state index contributed by atoms with van der Waals surface area (Å²) < 4.78 is 6.44. The molecule has 0 unspecified atom stereocenters. The van der Waals surface area contributed by atoms with Crippen LogP contribution in [0.4, 0.5) is 0 Å². The van der Waals surface area contributed by atoms with Gasteiger partial charge in [-0.25, -0.2) is 4.68 Å². The van der Waals surface area contributed by atoms with Crippen molar-refractivity contribution in [1.29, 1.82) is 0 Å². The van der Waals surface area contributed by atoms with Gasteiger partial charge in [0.15, 0.2) is 0 Å². The fourth-order valence-corrected chi connectivity index (χ4v) is 3.24. The third kappa shape index (κ3) is 4.47. The Morgan fingerprint density at radius 3 is 2.44 bits per heavy atom. The molecule has 0 saturated carbocycles. The van der Waals surface area contributed by atoms with Crippen LogP contribution >= 0.6 is 0 Å². The van der Waals surface area contributed by atoms with Crippen molar-refractivity contribution in [3.05, 3.63) is 65.0 Å². The van der Waals surface area contributed by atoms with Crippen LogP contribution in [0.2, 0.25) is 0 Å². The van der Waals surface area contributed by atoms with Gasteiger partial charge in [-0.05, 0) is 18.2 Å². The summed E-state index contributed by atoms with van der Waals surface area (Å²) in [6, 6.07) is 9.03. The molecule has 140 valence electrons. The van der Waals surface area contributed by atoms with Crippen LogP contribution in [-0.2, 0) is 13.1 Å². The minimum absolute atomic E-state index is 0.0718. The number of hydrogen-bond acceptors (Lipinski definition) is 7. The van der Waals surface area contributed by atoms with Gasteiger partial charge < -0.3 is 4.52 Å². The Kier molecular flexibility index (Phi) is 5.36. The molecule has 1 saturated heterocycles. The van der Waals surface area contributed by atoms with Gasteiger partial charge in [0.05, 0.1) is 17.9 Å². The molecule has 0 radical (unpaired) electrons. The lowest BCUT2D eigenvalue weighted by Crippen LogP contribution is -2.47. The summed E-state index contributed by atoms with van der Waals surface area (Å²) in [6.45, 7) is 6.11. The monoisotopic (exact) mass is 366 g/mol. The molecule has 27 heavy (non-hydrogen) atoms. The first-order valence-corrected chi connectivity index (χ1v) is 9.10. The van der Waals surface area contributed by atoms with Crippen molar-refractivity contribution in [2.45, 2.75) is 13.1 Å². The van der Waals surface area contributed by atoms with Gasteiger partial charge in [0, 0.05) is 69.4 Å². The van der Waals surface area contributed by atoms with E-state index in [-0.39, 0.29) is 5.56 Å². The first kappa shape index (κ1) is 17.6. The van der Waals surface area contributed by atoms with Crippen molar-refractivity contribution in [3.8, 4) is 11.3 Å². The van der Waals surface area contributed by atoms with Crippen LogP contribution in [0.3, 0.4) is 0 Å². The van der Waals surface area contributed by atoms with E-state index in [1.54, 1.807) is 35.5 Å². The largest absolute Gasteiger partial charge is 0.364 e. The lowest BCUT2D eigenvalue weighted by atomic mass is 10.2. The van der Waals surface area contributed by atoms with Crippen molar-refractivity contribution in [1.82, 2.24) is 29.7 Å². The highest BCUT2D eigenvalue weighted by molar-refractivity contribution is 5.56. The molecule has 8 nitrogen and oxygen atoms in total. The highest BCUT2D eigenvalue weighted by Gasteiger charge is 2.17. The van der Waals surface area contributed by atoms with Crippen LogP contribution in [0.5, 0.6) is 0 Å². The zero-order valence-electron chi connectivity index (χ0n) is 15.1. The van der Waals surface area contributed by atoms with Crippen LogP contribution in [0.15, 0.2) is 58.3 Å². The Labute approximate surface area is 157 Å². The molecule has 0 aliphatic carbocycles. The van der Waals surface area contributed by atoms with Gasteiger partial charge in [-0.15, -0.1) is 0 Å². The van der Waals surface area contributed by atoms with Crippen molar-refractivity contribution < 1.29 is 4.52 Å². The van der Waals surface area contributed by atoms with Crippen LogP contribution < -0.4 is 5.56 Å². The predicted octanol–water partition coefficient (Wildman–Crippen LogP) is 1.11. The highest BCUT2D eigenvalue weighted by Crippen LogP contribution is 2.13. The summed E-state index contributed by atoms with van der Waals surface area (Å²) in [4.78, 5) is 20.9. The summed E-state index contributed by atoms with van der Waals surface area (Å²) in [5.74, 6) is 0. The van der Waals surface area contributed by atoms with Gasteiger partial charge in [-0.3, -0.25) is 19.6 Å². The van der Waals surface area contributed by atoms with E-state index in [1.807, 2.05) is 18.2 Å². The molecule has 3 aromatic rings. The fraction of sp³-hybridized carbons (Fsp3) is 0.368. The Bertz CT molecular complexity index is 901. The van der Waals surface area contributed by atoms with E-state index in [0.717, 1.165) is 56.2 Å². The lowest BCUT2D eigenvalue weighted by Gasteiger charge is -2.34. The minimum atomic E-state index is -0.0718. The van der Waals surface area contributed by atoms with E-state index in [1.165, 1.54) is 0 Å². The molecule has 4 heterocycles. The van der Waals surface area contributed by atoms with Crippen LogP contribution in [0.1, 0.15) is 5.69 Å². The molecular formula is C19H22N6O2. The second-order valence-electron chi connectivity index (χ2n) is 6.62. The SMILES string of the molecule is O=c1ccc(-c2ccncc2)nn1CCN1CCN(Cc2ccon2)CC1. The fourth-order valence-electron chi connectivity index (χ4n) is 3.24. The van der Waals surface area contributed by atoms with Crippen molar-refractivity contribution >= 4 is 0 Å². The summed E-state index contributed by atoms with van der Waals surface area (Å²) in [5, 5.41) is 8.48. The number of hydrogen-bond donors (Lipinski definition) is 0. The van der Waals surface area contributed by atoms with E-state index in [0.29, 0.717) is 6.54 Å². The Morgan fingerprint density at radius 2 is 1.70 bits per heavy atom. The molecule has 1 aliphatic rings. The van der Waals surface area contributed by atoms with Gasteiger partial charge in [0.25, 0.3) is 5.56 Å². The van der Waals surface area contributed by atoms with Gasteiger partial charge in [0.2, 0.25) is 0 Å². The molecule has 8 heteroatoms. The van der Waals surface area contributed by atoms with E-state index < -0.39 is 0 Å². The maximum absolute atomic E-state index is 12.2. The zero-order valence-corrected chi connectivity index (χ0v) is 15.1. The van der Waals surface area contributed by atoms with Gasteiger partial charge in [-0.1, -0.05) is 5.16 Å². The standard InChI is InChI=1S/C19H22N6O2/c26-19-2-1-18(16-3-6-20-7-4-16)21-25(19)13-12-23-8-10-24(11-9-23)15-17-5-14-27-22-17/h1-7,14H,8-13,15H2. The van der Waals surface area contributed by atoms with Gasteiger partial charge in [0.1, 0.15) is 6.26 Å². The molecule has 0 spiro atoms. The molecule has 1 fully saturated rings. The summed E-state index contributed by atoms with van der Waals surface area (Å²) in [5.41, 5.74) is 2.64. The minimum Gasteiger partial charge on any atom is -0.364 e. The molecule has 4 rings (SSSR count). The molecule has 3 aromatic heterocycles. The molecule has 0 bridgehead atoms. The quantitative estimate of drug-likeness (QED) is 0.646. The van der Waals surface area contributed by atoms with Crippen molar-refractivity contribution in [2.24, 2.45) is 0 Å². The molecule has 0 N–H and O–H groups in total. The summed E-state index contributed by atoms with van der Waals surface area (Å²) >= 11 is 0. The maximum atomic E-state index is 12.2. The van der Waals surface area contributed by atoms with Crippen LogP contribution in [-0.4, -0.2) is 62.4 Å². The number of piperazine rings is 1. The third-order valence-electron chi connectivity index (χ3n) is 4.81. The first-order valence-electron chi connectivity index (χ1n) is 9.10. The second kappa shape index (κ2) is 8.24. The number of aromatic nitrogens is 4. The van der Waals surface area contributed by atoms with Crippen molar-refractivity contribution in [2.75, 3.05) is 32.7 Å². The zero-order chi connectivity index (χ0) is 18.5. The van der Waals surface area contributed by atoms with Crippen LogP contribution in [0.25, 0.3) is 11.3 Å². The number of pyridine rings is 1. The molecule has 0 amide bonds. The van der Waals surface area contributed by atoms with Gasteiger partial charge in [-0.2, -0.15) is 5.10 Å². The van der Waals surface area contributed by atoms with Crippen molar-refractivity contribution in [3.63, 3.8) is 0 Å². The molecular weight excluding hydrogens is 344 g/mol. The molecule has 0 aromatic carbocycles. The van der Waals surface area contributed by atoms with E-state index in [9.17, 15) is 4.79 Å². The predicted molar refractivity (Wildman–Crippen MR) is 99.9 cm³/mol. The molecule has 0 atom stereocenters. The normalized spacial score (nSPS) is 15.9. The topological polar surface area (TPSA) is 80.3 Å². The Balaban J connectivity index is 1.32. The maximum Gasteiger partial charge on any atom is 0.266 e.